The number of hydrogen-bond acceptors (Lipinski definition) is 5. The summed E-state index contributed by atoms with van der Waals surface area (Å²) in [7, 11) is 0. The van der Waals surface area contributed by atoms with Gasteiger partial charge in [0, 0.05) is 18.2 Å². The summed E-state index contributed by atoms with van der Waals surface area (Å²) < 4.78 is 0. The summed E-state index contributed by atoms with van der Waals surface area (Å²) in [6.45, 7) is 3.93. The fourth-order valence-corrected chi connectivity index (χ4v) is 4.63. The van der Waals surface area contributed by atoms with E-state index >= 15 is 0 Å². The Morgan fingerprint density at radius 1 is 1.32 bits per heavy atom. The molecule has 1 aromatic carbocycles. The molecule has 0 unspecified atom stereocenters. The predicted octanol–water partition coefficient (Wildman–Crippen LogP) is 4.43. The van der Waals surface area contributed by atoms with E-state index in [0.717, 1.165) is 10.7 Å². The second kappa shape index (κ2) is 7.56. The van der Waals surface area contributed by atoms with E-state index in [2.05, 4.69) is 11.9 Å². The molecule has 2 aliphatic rings. The maximum atomic E-state index is 12.4. The smallest absolute Gasteiger partial charge is 0.269 e. The minimum Gasteiger partial charge on any atom is -0.287 e. The van der Waals surface area contributed by atoms with Crippen LogP contribution in [0.2, 0.25) is 0 Å². The maximum absolute atomic E-state index is 12.4. The van der Waals surface area contributed by atoms with Crippen molar-refractivity contribution in [3.05, 3.63) is 33.9 Å². The van der Waals surface area contributed by atoms with Gasteiger partial charge in [0.15, 0.2) is 5.17 Å². The summed E-state index contributed by atoms with van der Waals surface area (Å²) in [5.41, 5.74) is 1.49. The van der Waals surface area contributed by atoms with Crippen LogP contribution in [0, 0.1) is 23.0 Å². The molecule has 1 aromatic rings. The molecule has 0 spiro atoms. The predicted molar refractivity (Wildman–Crippen MR) is 100 cm³/mol. The molecule has 0 aromatic heterocycles. The number of non-ortho nitro benzene ring substituents is 1. The first kappa shape index (κ1) is 17.9. The molecular formula is C18H23N3O3S. The molecule has 0 bridgehead atoms. The molecule has 0 N–H and O–H groups in total. The summed E-state index contributed by atoms with van der Waals surface area (Å²) in [4.78, 5) is 29.4. The second-order valence-corrected chi connectivity index (χ2v) is 7.76. The van der Waals surface area contributed by atoms with Crippen LogP contribution in [0.15, 0.2) is 23.2 Å². The third-order valence-electron chi connectivity index (χ3n) is 5.15. The van der Waals surface area contributed by atoms with E-state index in [-0.39, 0.29) is 17.6 Å². The number of hydrogen-bond donors (Lipinski definition) is 0. The number of nitrogens with zero attached hydrogens (tertiary/aromatic N) is 3. The van der Waals surface area contributed by atoms with Gasteiger partial charge in [-0.25, -0.2) is 4.99 Å². The number of rotatable bonds is 4. The fourth-order valence-electron chi connectivity index (χ4n) is 3.67. The van der Waals surface area contributed by atoms with Crippen LogP contribution in [0.4, 0.5) is 11.4 Å². The molecule has 1 heterocycles. The Bertz CT molecular complexity index is 714. The van der Waals surface area contributed by atoms with Gasteiger partial charge in [-0.15, -0.1) is 0 Å². The van der Waals surface area contributed by atoms with Gasteiger partial charge in [0.25, 0.3) is 5.69 Å². The van der Waals surface area contributed by atoms with Gasteiger partial charge in [0.05, 0.1) is 16.4 Å². The summed E-state index contributed by atoms with van der Waals surface area (Å²) in [5.74, 6) is 1.06. The third-order valence-corrected chi connectivity index (χ3v) is 6.08. The van der Waals surface area contributed by atoms with Crippen molar-refractivity contribution in [3.63, 3.8) is 0 Å². The molecule has 1 aliphatic heterocycles. The van der Waals surface area contributed by atoms with E-state index in [0.29, 0.717) is 17.4 Å². The lowest BCUT2D eigenvalue weighted by molar-refractivity contribution is -0.384. The van der Waals surface area contributed by atoms with Crippen molar-refractivity contribution in [2.24, 2.45) is 10.9 Å². The van der Waals surface area contributed by atoms with E-state index in [1.807, 2.05) is 11.8 Å². The minimum atomic E-state index is -0.408. The molecule has 6 nitrogen and oxygen atoms in total. The van der Waals surface area contributed by atoms with Gasteiger partial charge in [0.2, 0.25) is 5.91 Å². The summed E-state index contributed by atoms with van der Waals surface area (Å²) in [5, 5.41) is 11.6. The number of amides is 1. The molecule has 3 rings (SSSR count). The van der Waals surface area contributed by atoms with Crippen LogP contribution < -0.4 is 0 Å². The van der Waals surface area contributed by atoms with E-state index < -0.39 is 4.92 Å². The van der Waals surface area contributed by atoms with Crippen molar-refractivity contribution in [2.45, 2.75) is 52.0 Å². The van der Waals surface area contributed by atoms with Crippen LogP contribution in [0.5, 0.6) is 0 Å². The van der Waals surface area contributed by atoms with Gasteiger partial charge in [-0.05, 0) is 44.2 Å². The highest BCUT2D eigenvalue weighted by atomic mass is 32.2. The van der Waals surface area contributed by atoms with Gasteiger partial charge in [-0.3, -0.25) is 19.8 Å². The minimum absolute atomic E-state index is 0.0593. The van der Waals surface area contributed by atoms with Crippen molar-refractivity contribution >= 4 is 34.2 Å². The molecule has 1 aliphatic carbocycles. The molecule has 1 amide bonds. The quantitative estimate of drug-likeness (QED) is 0.587. The van der Waals surface area contributed by atoms with Crippen LogP contribution in [-0.2, 0) is 4.79 Å². The summed E-state index contributed by atoms with van der Waals surface area (Å²) in [6, 6.07) is 4.80. The second-order valence-electron chi connectivity index (χ2n) is 6.81. The normalized spacial score (nSPS) is 21.8. The van der Waals surface area contributed by atoms with Crippen molar-refractivity contribution < 1.29 is 9.72 Å². The molecular weight excluding hydrogens is 338 g/mol. The first-order valence-electron chi connectivity index (χ1n) is 8.76. The lowest BCUT2D eigenvalue weighted by Gasteiger charge is -2.33. The van der Waals surface area contributed by atoms with E-state index in [4.69, 9.17) is 0 Å². The SMILES string of the molecule is Cc1cc([N+](=O)[O-])ccc1N=C1SCC(=O)N1[C@@H](C)C1CCCCC1. The fraction of sp³-hybridized carbons (Fsp3) is 0.556. The van der Waals surface area contributed by atoms with Gasteiger partial charge in [-0.1, -0.05) is 31.0 Å². The summed E-state index contributed by atoms with van der Waals surface area (Å²) in [6.07, 6.45) is 6.09. The highest BCUT2D eigenvalue weighted by Crippen LogP contribution is 2.34. The zero-order chi connectivity index (χ0) is 18.0. The van der Waals surface area contributed by atoms with Crippen molar-refractivity contribution in [1.82, 2.24) is 4.90 Å². The Morgan fingerprint density at radius 2 is 2.04 bits per heavy atom. The van der Waals surface area contributed by atoms with Crippen molar-refractivity contribution in [2.75, 3.05) is 5.75 Å². The molecule has 2 fully saturated rings. The van der Waals surface area contributed by atoms with Crippen molar-refractivity contribution in [1.29, 1.82) is 0 Å². The Balaban J connectivity index is 1.85. The number of aryl methyl sites for hydroxylation is 1. The highest BCUT2D eigenvalue weighted by Gasteiger charge is 2.36. The van der Waals surface area contributed by atoms with Gasteiger partial charge in [0.1, 0.15) is 0 Å². The van der Waals surface area contributed by atoms with Gasteiger partial charge < -0.3 is 0 Å². The van der Waals surface area contributed by atoms with Crippen molar-refractivity contribution in [3.8, 4) is 0 Å². The molecule has 134 valence electrons. The number of carbonyl (C=O) groups excluding carboxylic acids is 1. The molecule has 1 atom stereocenters. The highest BCUT2D eigenvalue weighted by molar-refractivity contribution is 8.15. The first-order valence-corrected chi connectivity index (χ1v) is 9.74. The Labute approximate surface area is 151 Å². The van der Waals surface area contributed by atoms with E-state index in [1.54, 1.807) is 6.07 Å². The molecule has 7 heteroatoms. The number of nitro benzene ring substituents is 1. The van der Waals surface area contributed by atoms with E-state index in [1.165, 1.54) is 56.0 Å². The Kier molecular flexibility index (Phi) is 5.42. The molecule has 1 saturated carbocycles. The van der Waals surface area contributed by atoms with Crippen LogP contribution >= 0.6 is 11.8 Å². The van der Waals surface area contributed by atoms with Gasteiger partial charge in [-0.2, -0.15) is 0 Å². The van der Waals surface area contributed by atoms with Crippen LogP contribution in [0.25, 0.3) is 0 Å². The van der Waals surface area contributed by atoms with Gasteiger partial charge >= 0.3 is 0 Å². The van der Waals surface area contributed by atoms with Crippen LogP contribution in [-0.4, -0.2) is 32.7 Å². The first-order chi connectivity index (χ1) is 12.0. The van der Waals surface area contributed by atoms with E-state index in [9.17, 15) is 14.9 Å². The standard InChI is InChI=1S/C18H23N3O3S/c1-12-10-15(21(23)24)8-9-16(12)19-18-20(17(22)11-25-18)13(2)14-6-4-3-5-7-14/h8-10,13-14H,3-7,11H2,1-2H3/t13-/m0/s1. The number of benzene rings is 1. The van der Waals surface area contributed by atoms with Crippen LogP contribution in [0.3, 0.4) is 0 Å². The average Bonchev–Trinajstić information content (AvgIpc) is 2.97. The number of thioether (sulfide) groups is 1. The number of amidine groups is 1. The molecule has 1 saturated heterocycles. The monoisotopic (exact) mass is 361 g/mol. The zero-order valence-electron chi connectivity index (χ0n) is 14.6. The summed E-state index contributed by atoms with van der Waals surface area (Å²) >= 11 is 1.46. The lowest BCUT2D eigenvalue weighted by Crippen LogP contribution is -2.42. The Morgan fingerprint density at radius 3 is 2.68 bits per heavy atom. The largest absolute Gasteiger partial charge is 0.287 e. The van der Waals surface area contributed by atoms with Crippen LogP contribution in [0.1, 0.15) is 44.6 Å². The number of carbonyl (C=O) groups is 1. The third kappa shape index (κ3) is 3.86. The molecule has 0 radical (unpaired) electrons. The Hall–Kier alpha value is -1.89. The lowest BCUT2D eigenvalue weighted by atomic mass is 9.84. The topological polar surface area (TPSA) is 75.8 Å². The number of aliphatic imine (C=N–C) groups is 1. The average molecular weight is 361 g/mol. The molecule has 25 heavy (non-hydrogen) atoms. The maximum Gasteiger partial charge on any atom is 0.269 e. The number of nitro groups is 1. The zero-order valence-corrected chi connectivity index (χ0v) is 15.4.